The number of nitrogens with zero attached hydrogens (tertiary/aromatic N) is 2. The SMILES string of the molecule is CCNC(=NCc1cccc(COC2CCOCC2)c1)NCC(=O)N1CCCC1.I. The lowest BCUT2D eigenvalue weighted by Crippen LogP contribution is -2.44. The van der Waals surface area contributed by atoms with Crippen LogP contribution in [0.25, 0.3) is 0 Å². The zero-order valence-electron chi connectivity index (χ0n) is 17.9. The Morgan fingerprint density at radius 3 is 2.67 bits per heavy atom. The molecule has 0 bridgehead atoms. The molecule has 2 fully saturated rings. The van der Waals surface area contributed by atoms with Crippen molar-refractivity contribution in [3.63, 3.8) is 0 Å². The normalized spacial score (nSPS) is 17.5. The van der Waals surface area contributed by atoms with Crippen molar-refractivity contribution in [1.82, 2.24) is 15.5 Å². The topological polar surface area (TPSA) is 75.2 Å². The van der Waals surface area contributed by atoms with Crippen LogP contribution in [0.3, 0.4) is 0 Å². The summed E-state index contributed by atoms with van der Waals surface area (Å²) in [6, 6.07) is 8.34. The Labute approximate surface area is 197 Å². The third-order valence-electron chi connectivity index (χ3n) is 5.28. The average molecular weight is 530 g/mol. The fourth-order valence-electron chi connectivity index (χ4n) is 3.62. The molecular weight excluding hydrogens is 495 g/mol. The largest absolute Gasteiger partial charge is 0.381 e. The van der Waals surface area contributed by atoms with Crippen LogP contribution in [0.1, 0.15) is 43.7 Å². The molecule has 7 nitrogen and oxygen atoms in total. The third-order valence-corrected chi connectivity index (χ3v) is 5.28. The fourth-order valence-corrected chi connectivity index (χ4v) is 3.62. The number of aliphatic imine (C=N–C) groups is 1. The third kappa shape index (κ3) is 8.39. The van der Waals surface area contributed by atoms with E-state index >= 15 is 0 Å². The zero-order valence-corrected chi connectivity index (χ0v) is 20.2. The molecular formula is C22H35IN4O3. The number of carbonyl (C=O) groups excluding carboxylic acids is 1. The van der Waals surface area contributed by atoms with Crippen LogP contribution in [0.4, 0.5) is 0 Å². The van der Waals surface area contributed by atoms with Gasteiger partial charge in [-0.1, -0.05) is 24.3 Å². The molecule has 0 aliphatic carbocycles. The monoisotopic (exact) mass is 530 g/mol. The van der Waals surface area contributed by atoms with Gasteiger partial charge in [-0.15, -0.1) is 24.0 Å². The number of likely N-dealkylation sites (tertiary alicyclic amines) is 1. The van der Waals surface area contributed by atoms with Gasteiger partial charge in [-0.25, -0.2) is 4.99 Å². The molecule has 30 heavy (non-hydrogen) atoms. The molecule has 2 aliphatic rings. The maximum atomic E-state index is 12.2. The van der Waals surface area contributed by atoms with Crippen molar-refractivity contribution in [2.45, 2.75) is 51.9 Å². The Balaban J connectivity index is 0.00000320. The summed E-state index contributed by atoms with van der Waals surface area (Å²) in [7, 11) is 0. The molecule has 0 aromatic heterocycles. The summed E-state index contributed by atoms with van der Waals surface area (Å²) >= 11 is 0. The summed E-state index contributed by atoms with van der Waals surface area (Å²) in [6.07, 6.45) is 4.45. The maximum absolute atomic E-state index is 12.2. The molecule has 2 saturated heterocycles. The van der Waals surface area contributed by atoms with Crippen molar-refractivity contribution in [1.29, 1.82) is 0 Å². The second-order valence-corrected chi connectivity index (χ2v) is 7.58. The number of hydrogen-bond donors (Lipinski definition) is 2. The number of hydrogen-bond acceptors (Lipinski definition) is 4. The van der Waals surface area contributed by atoms with E-state index in [0.717, 1.165) is 69.7 Å². The standard InChI is InChI=1S/C22H34N4O3.HI/c1-2-23-22(25-16-21(27)26-10-3-4-11-26)24-15-18-6-5-7-19(14-18)17-29-20-8-12-28-13-9-20;/h5-7,14,20H,2-4,8-13,15-17H2,1H3,(H2,23,24,25);1H. The zero-order chi connectivity index (χ0) is 20.3. The van der Waals surface area contributed by atoms with Crippen molar-refractivity contribution in [2.24, 2.45) is 4.99 Å². The Kier molecular flexibility index (Phi) is 11.5. The van der Waals surface area contributed by atoms with E-state index in [-0.39, 0.29) is 36.4 Å². The van der Waals surface area contributed by atoms with Crippen molar-refractivity contribution in [2.75, 3.05) is 39.4 Å². The first kappa shape index (κ1) is 24.9. The summed E-state index contributed by atoms with van der Waals surface area (Å²) in [5.74, 6) is 0.810. The maximum Gasteiger partial charge on any atom is 0.241 e. The molecule has 0 radical (unpaired) electrons. The summed E-state index contributed by atoms with van der Waals surface area (Å²) in [5, 5.41) is 6.37. The fraction of sp³-hybridized carbons (Fsp3) is 0.636. The molecule has 0 atom stereocenters. The highest BCUT2D eigenvalue weighted by molar-refractivity contribution is 14.0. The number of halogens is 1. The molecule has 168 valence electrons. The number of nitrogens with one attached hydrogen (secondary N) is 2. The molecule has 2 heterocycles. The lowest BCUT2D eigenvalue weighted by Gasteiger charge is -2.22. The first-order valence-corrected chi connectivity index (χ1v) is 10.8. The van der Waals surface area contributed by atoms with Crippen LogP contribution in [-0.4, -0.2) is 62.3 Å². The summed E-state index contributed by atoms with van der Waals surface area (Å²) in [6.45, 7) is 7.55. The van der Waals surface area contributed by atoms with Crippen LogP contribution in [-0.2, 0) is 27.4 Å². The number of rotatable bonds is 8. The highest BCUT2D eigenvalue weighted by atomic mass is 127. The molecule has 2 N–H and O–H groups in total. The van der Waals surface area contributed by atoms with E-state index in [4.69, 9.17) is 9.47 Å². The lowest BCUT2D eigenvalue weighted by atomic mass is 10.1. The van der Waals surface area contributed by atoms with Gasteiger partial charge in [-0.2, -0.15) is 0 Å². The van der Waals surface area contributed by atoms with Gasteiger partial charge in [-0.3, -0.25) is 4.79 Å². The quantitative estimate of drug-likeness (QED) is 0.307. The molecule has 0 unspecified atom stereocenters. The van der Waals surface area contributed by atoms with E-state index in [1.807, 2.05) is 17.9 Å². The summed E-state index contributed by atoms with van der Waals surface area (Å²) in [4.78, 5) is 18.8. The van der Waals surface area contributed by atoms with E-state index in [2.05, 4.69) is 33.8 Å². The summed E-state index contributed by atoms with van der Waals surface area (Å²) in [5.41, 5.74) is 2.28. The minimum atomic E-state index is 0. The molecule has 0 saturated carbocycles. The molecule has 1 amide bonds. The number of amides is 1. The van der Waals surface area contributed by atoms with Gasteiger partial charge in [0.05, 0.1) is 25.8 Å². The molecule has 0 spiro atoms. The second-order valence-electron chi connectivity index (χ2n) is 7.58. The Bertz CT molecular complexity index is 674. The van der Waals surface area contributed by atoms with E-state index in [0.29, 0.717) is 25.2 Å². The smallest absolute Gasteiger partial charge is 0.241 e. The number of carbonyl (C=O) groups is 1. The van der Waals surface area contributed by atoms with Gasteiger partial charge >= 0.3 is 0 Å². The Hall–Kier alpha value is -1.39. The molecule has 3 rings (SSSR count). The molecule has 1 aromatic rings. The van der Waals surface area contributed by atoms with E-state index < -0.39 is 0 Å². The predicted molar refractivity (Wildman–Crippen MR) is 129 cm³/mol. The van der Waals surface area contributed by atoms with Crippen molar-refractivity contribution in [3.05, 3.63) is 35.4 Å². The minimum absolute atomic E-state index is 0. The van der Waals surface area contributed by atoms with Crippen LogP contribution in [0.2, 0.25) is 0 Å². The van der Waals surface area contributed by atoms with Crippen LogP contribution >= 0.6 is 24.0 Å². The number of ether oxygens (including phenoxy) is 2. The van der Waals surface area contributed by atoms with Crippen LogP contribution in [0.5, 0.6) is 0 Å². The number of benzene rings is 1. The van der Waals surface area contributed by atoms with Crippen LogP contribution < -0.4 is 10.6 Å². The van der Waals surface area contributed by atoms with Gasteiger partial charge in [-0.05, 0) is 43.7 Å². The van der Waals surface area contributed by atoms with Crippen molar-refractivity contribution in [3.8, 4) is 0 Å². The number of guanidine groups is 1. The molecule has 8 heteroatoms. The van der Waals surface area contributed by atoms with E-state index in [1.165, 1.54) is 0 Å². The molecule has 2 aliphatic heterocycles. The van der Waals surface area contributed by atoms with Crippen molar-refractivity contribution >= 4 is 35.8 Å². The van der Waals surface area contributed by atoms with Gasteiger partial charge in [0.25, 0.3) is 0 Å². The highest BCUT2D eigenvalue weighted by Crippen LogP contribution is 2.14. The Morgan fingerprint density at radius 2 is 1.93 bits per heavy atom. The predicted octanol–water partition coefficient (Wildman–Crippen LogP) is 2.68. The van der Waals surface area contributed by atoms with E-state index in [9.17, 15) is 4.79 Å². The molecule has 1 aromatic carbocycles. The lowest BCUT2D eigenvalue weighted by molar-refractivity contribution is -0.128. The Morgan fingerprint density at radius 1 is 1.20 bits per heavy atom. The van der Waals surface area contributed by atoms with Gasteiger partial charge in [0.2, 0.25) is 5.91 Å². The van der Waals surface area contributed by atoms with Crippen LogP contribution in [0, 0.1) is 0 Å². The average Bonchev–Trinajstić information content (AvgIpc) is 3.30. The highest BCUT2D eigenvalue weighted by Gasteiger charge is 2.17. The van der Waals surface area contributed by atoms with E-state index in [1.54, 1.807) is 0 Å². The summed E-state index contributed by atoms with van der Waals surface area (Å²) < 4.78 is 11.4. The van der Waals surface area contributed by atoms with Gasteiger partial charge in [0, 0.05) is 32.8 Å². The van der Waals surface area contributed by atoms with Crippen molar-refractivity contribution < 1.29 is 14.3 Å². The first-order chi connectivity index (χ1) is 14.2. The van der Waals surface area contributed by atoms with Gasteiger partial charge in [0.15, 0.2) is 5.96 Å². The van der Waals surface area contributed by atoms with Gasteiger partial charge < -0.3 is 25.0 Å². The second kappa shape index (κ2) is 13.8. The van der Waals surface area contributed by atoms with Crippen LogP contribution in [0.15, 0.2) is 29.3 Å². The van der Waals surface area contributed by atoms with Gasteiger partial charge in [0.1, 0.15) is 0 Å². The first-order valence-electron chi connectivity index (χ1n) is 10.8. The minimum Gasteiger partial charge on any atom is -0.381 e.